The topological polar surface area (TPSA) is 9.23 Å². The molecule has 0 N–H and O–H groups in total. The van der Waals surface area contributed by atoms with Crippen molar-refractivity contribution in [2.75, 3.05) is 6.61 Å². The summed E-state index contributed by atoms with van der Waals surface area (Å²) in [5.41, 5.74) is 0.980. The average Bonchev–Trinajstić information content (AvgIpc) is 2.46. The molecule has 19 heavy (non-hydrogen) atoms. The number of halogens is 2. The first kappa shape index (κ1) is 13.8. The molecule has 0 saturated carbocycles. The van der Waals surface area contributed by atoms with Crippen LogP contribution >= 0.6 is 11.6 Å². The van der Waals surface area contributed by atoms with Gasteiger partial charge in [-0.1, -0.05) is 66.2 Å². The van der Waals surface area contributed by atoms with Crippen LogP contribution in [0.3, 0.4) is 0 Å². The van der Waals surface area contributed by atoms with E-state index in [1.165, 1.54) is 6.07 Å². The highest BCUT2D eigenvalue weighted by Gasteiger charge is 2.35. The van der Waals surface area contributed by atoms with Gasteiger partial charge in [-0.25, -0.2) is 4.39 Å². The summed E-state index contributed by atoms with van der Waals surface area (Å²) in [7, 11) is 0. The van der Waals surface area contributed by atoms with Crippen molar-refractivity contribution in [2.45, 2.75) is 5.06 Å². The monoisotopic (exact) mass is 276 g/mol. The Morgan fingerprint density at radius 2 is 1.74 bits per heavy atom. The molecule has 0 aliphatic carbocycles. The van der Waals surface area contributed by atoms with Crippen LogP contribution < -0.4 is 0 Å². The van der Waals surface area contributed by atoms with Crippen LogP contribution in [0.25, 0.3) is 0 Å². The molecule has 0 amide bonds. The number of hydrogen-bond donors (Lipinski definition) is 0. The summed E-state index contributed by atoms with van der Waals surface area (Å²) in [6.07, 6.45) is 1.58. The molecule has 0 bridgehead atoms. The Morgan fingerprint density at radius 1 is 1.11 bits per heavy atom. The van der Waals surface area contributed by atoms with E-state index in [0.717, 1.165) is 0 Å². The largest absolute Gasteiger partial charge is 0.347 e. The Labute approximate surface area is 117 Å². The lowest BCUT2D eigenvalue weighted by atomic mass is 10.00. The molecular weight excluding hydrogens is 263 g/mol. The smallest absolute Gasteiger partial charge is 0.196 e. The lowest BCUT2D eigenvalue weighted by Gasteiger charge is -2.28. The molecular formula is C16H14ClFO. The third-order valence-electron chi connectivity index (χ3n) is 2.77. The van der Waals surface area contributed by atoms with E-state index in [0.29, 0.717) is 11.1 Å². The van der Waals surface area contributed by atoms with E-state index < -0.39 is 10.9 Å². The summed E-state index contributed by atoms with van der Waals surface area (Å²) < 4.78 is 19.6. The van der Waals surface area contributed by atoms with Crippen molar-refractivity contribution in [3.05, 3.63) is 84.2 Å². The molecule has 1 unspecified atom stereocenters. The molecule has 0 aliphatic rings. The SMILES string of the molecule is C=CCOC(Cl)(c1ccccc1)c1ccccc1F. The van der Waals surface area contributed by atoms with Crippen molar-refractivity contribution in [1.29, 1.82) is 0 Å². The first-order valence-corrected chi connectivity index (χ1v) is 6.30. The van der Waals surface area contributed by atoms with Crippen LogP contribution in [0, 0.1) is 5.82 Å². The third kappa shape index (κ3) is 2.86. The van der Waals surface area contributed by atoms with E-state index in [-0.39, 0.29) is 6.61 Å². The maximum atomic E-state index is 14.0. The van der Waals surface area contributed by atoms with Gasteiger partial charge in [0.15, 0.2) is 5.06 Å². The van der Waals surface area contributed by atoms with Crippen molar-refractivity contribution in [2.24, 2.45) is 0 Å². The van der Waals surface area contributed by atoms with Gasteiger partial charge in [0.25, 0.3) is 0 Å². The highest BCUT2D eigenvalue weighted by atomic mass is 35.5. The van der Waals surface area contributed by atoms with Crippen LogP contribution in [-0.4, -0.2) is 6.61 Å². The standard InChI is InChI=1S/C16H14ClFO/c1-2-12-19-16(17,13-8-4-3-5-9-13)14-10-6-7-11-15(14)18/h2-11H,1,12H2. The summed E-state index contributed by atoms with van der Waals surface area (Å²) in [6, 6.07) is 15.5. The van der Waals surface area contributed by atoms with Crippen LogP contribution in [0.2, 0.25) is 0 Å². The fourth-order valence-corrected chi connectivity index (χ4v) is 2.21. The second-order valence-electron chi connectivity index (χ2n) is 4.04. The Balaban J connectivity index is 2.52. The fraction of sp³-hybridized carbons (Fsp3) is 0.125. The molecule has 0 fully saturated rings. The number of rotatable bonds is 5. The Hall–Kier alpha value is -1.64. The highest BCUT2D eigenvalue weighted by Crippen LogP contribution is 2.39. The maximum absolute atomic E-state index is 14.0. The molecule has 1 atom stereocenters. The Morgan fingerprint density at radius 3 is 2.37 bits per heavy atom. The van der Waals surface area contributed by atoms with E-state index in [2.05, 4.69) is 6.58 Å². The first-order chi connectivity index (χ1) is 9.18. The molecule has 0 aliphatic heterocycles. The van der Waals surface area contributed by atoms with E-state index in [9.17, 15) is 4.39 Å². The number of hydrogen-bond acceptors (Lipinski definition) is 1. The summed E-state index contributed by atoms with van der Waals surface area (Å²) in [6.45, 7) is 3.83. The maximum Gasteiger partial charge on any atom is 0.196 e. The molecule has 0 spiro atoms. The van der Waals surface area contributed by atoms with Gasteiger partial charge < -0.3 is 4.74 Å². The van der Waals surface area contributed by atoms with E-state index in [4.69, 9.17) is 16.3 Å². The van der Waals surface area contributed by atoms with Crippen LogP contribution in [0.1, 0.15) is 11.1 Å². The Kier molecular flexibility index (Phi) is 4.35. The molecule has 98 valence electrons. The predicted molar refractivity (Wildman–Crippen MR) is 75.6 cm³/mol. The van der Waals surface area contributed by atoms with Gasteiger partial charge in [0, 0.05) is 11.1 Å². The summed E-state index contributed by atoms with van der Waals surface area (Å²) in [5, 5.41) is -1.35. The number of benzene rings is 2. The summed E-state index contributed by atoms with van der Waals surface area (Å²) >= 11 is 6.56. The quantitative estimate of drug-likeness (QED) is 0.578. The lowest BCUT2D eigenvalue weighted by Crippen LogP contribution is -2.26. The van der Waals surface area contributed by atoms with Gasteiger partial charge in [0.05, 0.1) is 6.61 Å². The van der Waals surface area contributed by atoms with Gasteiger partial charge in [-0.15, -0.1) is 6.58 Å². The van der Waals surface area contributed by atoms with E-state index in [1.807, 2.05) is 30.3 Å². The third-order valence-corrected chi connectivity index (χ3v) is 3.30. The highest BCUT2D eigenvalue weighted by molar-refractivity contribution is 6.25. The van der Waals surface area contributed by atoms with Crippen molar-refractivity contribution in [3.8, 4) is 0 Å². The van der Waals surface area contributed by atoms with Gasteiger partial charge in [0.2, 0.25) is 0 Å². The zero-order chi connectivity index (χ0) is 13.7. The van der Waals surface area contributed by atoms with Gasteiger partial charge in [-0.3, -0.25) is 0 Å². The van der Waals surface area contributed by atoms with Crippen LogP contribution in [0.5, 0.6) is 0 Å². The molecule has 3 heteroatoms. The fourth-order valence-electron chi connectivity index (χ4n) is 1.86. The van der Waals surface area contributed by atoms with E-state index in [1.54, 1.807) is 24.3 Å². The molecule has 2 aromatic carbocycles. The van der Waals surface area contributed by atoms with Gasteiger partial charge in [0.1, 0.15) is 5.82 Å². The van der Waals surface area contributed by atoms with Crippen molar-refractivity contribution in [1.82, 2.24) is 0 Å². The van der Waals surface area contributed by atoms with Gasteiger partial charge >= 0.3 is 0 Å². The lowest BCUT2D eigenvalue weighted by molar-refractivity contribution is 0.0649. The number of alkyl halides is 1. The minimum Gasteiger partial charge on any atom is -0.347 e. The zero-order valence-corrected chi connectivity index (χ0v) is 11.1. The van der Waals surface area contributed by atoms with E-state index >= 15 is 0 Å². The molecule has 0 radical (unpaired) electrons. The molecule has 0 heterocycles. The number of ether oxygens (including phenoxy) is 1. The average molecular weight is 277 g/mol. The van der Waals surface area contributed by atoms with Gasteiger partial charge in [-0.05, 0) is 6.07 Å². The van der Waals surface area contributed by atoms with Crippen molar-refractivity contribution >= 4 is 11.6 Å². The summed E-state index contributed by atoms with van der Waals surface area (Å²) in [4.78, 5) is 0. The van der Waals surface area contributed by atoms with Crippen LogP contribution in [0.15, 0.2) is 67.3 Å². The van der Waals surface area contributed by atoms with Crippen molar-refractivity contribution in [3.63, 3.8) is 0 Å². The molecule has 1 nitrogen and oxygen atoms in total. The minimum atomic E-state index is -1.35. The predicted octanol–water partition coefficient (Wildman–Crippen LogP) is 4.47. The summed E-state index contributed by atoms with van der Waals surface area (Å²) in [5.74, 6) is -0.398. The normalized spacial score (nSPS) is 13.8. The zero-order valence-electron chi connectivity index (χ0n) is 10.4. The van der Waals surface area contributed by atoms with Crippen LogP contribution in [-0.2, 0) is 9.80 Å². The second kappa shape index (κ2) is 6.00. The molecule has 0 saturated heterocycles. The minimum absolute atomic E-state index is 0.229. The molecule has 2 rings (SSSR count). The van der Waals surface area contributed by atoms with Gasteiger partial charge in [-0.2, -0.15) is 0 Å². The van der Waals surface area contributed by atoms with Crippen molar-refractivity contribution < 1.29 is 9.13 Å². The molecule has 0 aromatic heterocycles. The molecule has 2 aromatic rings. The van der Waals surface area contributed by atoms with Crippen LogP contribution in [0.4, 0.5) is 4.39 Å². The Bertz CT molecular complexity index is 556. The second-order valence-corrected chi connectivity index (χ2v) is 4.57. The first-order valence-electron chi connectivity index (χ1n) is 5.93.